The summed E-state index contributed by atoms with van der Waals surface area (Å²) in [6, 6.07) is 8.62. The predicted octanol–water partition coefficient (Wildman–Crippen LogP) is 4.30. The first kappa shape index (κ1) is 9.97. The number of hydrogen-bond acceptors (Lipinski definition) is 0. The maximum absolute atomic E-state index is 3.98. The summed E-state index contributed by atoms with van der Waals surface area (Å²) >= 11 is 3.46. The van der Waals surface area contributed by atoms with Gasteiger partial charge in [-0.15, -0.1) is 6.58 Å². The molecule has 0 heterocycles. The highest BCUT2D eigenvalue weighted by atomic mass is 79.9. The second kappa shape index (κ2) is 3.54. The first-order valence-corrected chi connectivity index (χ1v) is 5.86. The maximum atomic E-state index is 3.98. The molecule has 14 heavy (non-hydrogen) atoms. The van der Waals surface area contributed by atoms with Gasteiger partial charge in [0.05, 0.1) is 0 Å². The molecule has 1 atom stereocenters. The zero-order chi connectivity index (χ0) is 10.2. The number of rotatable bonds is 3. The monoisotopic (exact) mass is 250 g/mol. The van der Waals surface area contributed by atoms with Gasteiger partial charge in [-0.3, -0.25) is 0 Å². The summed E-state index contributed by atoms with van der Waals surface area (Å²) in [6.07, 6.45) is 4.80. The molecule has 0 radical (unpaired) electrons. The minimum atomic E-state index is 0.181. The summed E-state index contributed by atoms with van der Waals surface area (Å²) in [7, 11) is 0. The van der Waals surface area contributed by atoms with Crippen LogP contribution in [0.25, 0.3) is 0 Å². The summed E-state index contributed by atoms with van der Waals surface area (Å²) in [6.45, 7) is 6.27. The first-order chi connectivity index (χ1) is 6.66. The SMILES string of the molecule is C=C[C@@](C)(c1ccc(Br)cc1)C1CC1. The lowest BCUT2D eigenvalue weighted by atomic mass is 9.78. The molecule has 0 spiro atoms. The average Bonchev–Trinajstić information content (AvgIpc) is 3.01. The van der Waals surface area contributed by atoms with E-state index in [0.717, 1.165) is 10.4 Å². The van der Waals surface area contributed by atoms with Gasteiger partial charge in [0.2, 0.25) is 0 Å². The zero-order valence-corrected chi connectivity index (χ0v) is 10.0. The van der Waals surface area contributed by atoms with E-state index < -0.39 is 0 Å². The van der Waals surface area contributed by atoms with E-state index in [-0.39, 0.29) is 5.41 Å². The van der Waals surface area contributed by atoms with Crippen molar-refractivity contribution >= 4 is 15.9 Å². The van der Waals surface area contributed by atoms with Gasteiger partial charge in [-0.05, 0) is 36.5 Å². The summed E-state index contributed by atoms with van der Waals surface area (Å²) < 4.78 is 1.14. The fourth-order valence-electron chi connectivity index (χ4n) is 2.01. The van der Waals surface area contributed by atoms with Gasteiger partial charge >= 0.3 is 0 Å². The third-order valence-corrected chi connectivity index (χ3v) is 3.84. The molecule has 0 nitrogen and oxygen atoms in total. The standard InChI is InChI=1S/C13H15Br/c1-3-13(2,10-4-5-10)11-6-8-12(14)9-7-11/h3,6-10H,1,4-5H2,2H3/t13-/m1/s1. The third-order valence-electron chi connectivity index (χ3n) is 3.32. The Morgan fingerprint density at radius 3 is 2.36 bits per heavy atom. The molecule has 0 aromatic heterocycles. The van der Waals surface area contributed by atoms with Gasteiger partial charge in [-0.1, -0.05) is 41.1 Å². The largest absolute Gasteiger partial charge is 0.102 e. The van der Waals surface area contributed by atoms with Crippen LogP contribution in [-0.4, -0.2) is 0 Å². The highest BCUT2D eigenvalue weighted by Gasteiger charge is 2.40. The van der Waals surface area contributed by atoms with Crippen molar-refractivity contribution in [1.82, 2.24) is 0 Å². The van der Waals surface area contributed by atoms with E-state index in [1.165, 1.54) is 18.4 Å². The van der Waals surface area contributed by atoms with Crippen molar-refractivity contribution in [1.29, 1.82) is 0 Å². The van der Waals surface area contributed by atoms with Crippen molar-refractivity contribution in [3.8, 4) is 0 Å². The average molecular weight is 251 g/mol. The number of benzene rings is 1. The van der Waals surface area contributed by atoms with Crippen LogP contribution >= 0.6 is 15.9 Å². The molecule has 0 bridgehead atoms. The Morgan fingerprint density at radius 2 is 1.93 bits per heavy atom. The lowest BCUT2D eigenvalue weighted by Crippen LogP contribution is -2.21. The molecule has 0 aliphatic heterocycles. The van der Waals surface area contributed by atoms with Crippen LogP contribution in [0, 0.1) is 5.92 Å². The van der Waals surface area contributed by atoms with Crippen LogP contribution in [0.5, 0.6) is 0 Å². The number of hydrogen-bond donors (Lipinski definition) is 0. The van der Waals surface area contributed by atoms with Gasteiger partial charge in [-0.2, -0.15) is 0 Å². The molecular formula is C13H15Br. The Kier molecular flexibility index (Phi) is 2.52. The summed E-state index contributed by atoms with van der Waals surface area (Å²) in [5.41, 5.74) is 1.57. The molecule has 0 unspecified atom stereocenters. The van der Waals surface area contributed by atoms with E-state index >= 15 is 0 Å². The van der Waals surface area contributed by atoms with E-state index in [4.69, 9.17) is 0 Å². The second-order valence-electron chi connectivity index (χ2n) is 4.27. The predicted molar refractivity (Wildman–Crippen MR) is 64.4 cm³/mol. The van der Waals surface area contributed by atoms with Crippen LogP contribution in [-0.2, 0) is 5.41 Å². The summed E-state index contributed by atoms with van der Waals surface area (Å²) in [5.74, 6) is 0.807. The minimum Gasteiger partial charge on any atom is -0.102 e. The second-order valence-corrected chi connectivity index (χ2v) is 5.18. The van der Waals surface area contributed by atoms with Gasteiger partial charge in [0.1, 0.15) is 0 Å². The molecule has 1 aliphatic rings. The van der Waals surface area contributed by atoms with Crippen molar-refractivity contribution in [2.45, 2.75) is 25.2 Å². The molecule has 2 rings (SSSR count). The van der Waals surface area contributed by atoms with Crippen LogP contribution in [0.3, 0.4) is 0 Å². The van der Waals surface area contributed by atoms with Gasteiger partial charge in [0.15, 0.2) is 0 Å². The van der Waals surface area contributed by atoms with E-state index in [1.807, 2.05) is 0 Å². The molecule has 1 aliphatic carbocycles. The topological polar surface area (TPSA) is 0 Å². The minimum absolute atomic E-state index is 0.181. The van der Waals surface area contributed by atoms with Crippen LogP contribution in [0.1, 0.15) is 25.3 Å². The summed E-state index contributed by atoms with van der Waals surface area (Å²) in [5, 5.41) is 0. The van der Waals surface area contributed by atoms with Gasteiger partial charge in [0, 0.05) is 9.89 Å². The van der Waals surface area contributed by atoms with E-state index in [0.29, 0.717) is 0 Å². The molecule has 0 amide bonds. The molecule has 0 saturated heterocycles. The molecule has 74 valence electrons. The molecule has 1 fully saturated rings. The number of halogens is 1. The van der Waals surface area contributed by atoms with E-state index in [1.54, 1.807) is 0 Å². The van der Waals surface area contributed by atoms with Gasteiger partial charge < -0.3 is 0 Å². The fraction of sp³-hybridized carbons (Fsp3) is 0.385. The normalized spacial score (nSPS) is 20.1. The molecule has 1 saturated carbocycles. The van der Waals surface area contributed by atoms with Crippen molar-refractivity contribution in [3.05, 3.63) is 47.0 Å². The smallest absolute Gasteiger partial charge is 0.0175 e. The van der Waals surface area contributed by atoms with Crippen molar-refractivity contribution < 1.29 is 0 Å². The van der Waals surface area contributed by atoms with Crippen molar-refractivity contribution in [3.63, 3.8) is 0 Å². The Hall–Kier alpha value is -0.560. The first-order valence-electron chi connectivity index (χ1n) is 5.06. The molecule has 0 N–H and O–H groups in total. The van der Waals surface area contributed by atoms with E-state index in [9.17, 15) is 0 Å². The van der Waals surface area contributed by atoms with Gasteiger partial charge in [-0.25, -0.2) is 0 Å². The quantitative estimate of drug-likeness (QED) is 0.702. The lowest BCUT2D eigenvalue weighted by Gasteiger charge is -2.26. The molecule has 1 aromatic rings. The van der Waals surface area contributed by atoms with Crippen LogP contribution in [0.15, 0.2) is 41.4 Å². The Labute approximate surface area is 94.2 Å². The van der Waals surface area contributed by atoms with Crippen molar-refractivity contribution in [2.75, 3.05) is 0 Å². The zero-order valence-electron chi connectivity index (χ0n) is 8.46. The van der Waals surface area contributed by atoms with Gasteiger partial charge in [0.25, 0.3) is 0 Å². The summed E-state index contributed by atoms with van der Waals surface area (Å²) in [4.78, 5) is 0. The lowest BCUT2D eigenvalue weighted by molar-refractivity contribution is 0.516. The Balaban J connectivity index is 2.35. The number of allylic oxidation sites excluding steroid dienone is 1. The Morgan fingerprint density at radius 1 is 1.36 bits per heavy atom. The van der Waals surface area contributed by atoms with Crippen LogP contribution in [0.4, 0.5) is 0 Å². The molecule has 1 aromatic carbocycles. The third kappa shape index (κ3) is 1.66. The maximum Gasteiger partial charge on any atom is 0.0175 e. The fourth-order valence-corrected chi connectivity index (χ4v) is 2.28. The highest BCUT2D eigenvalue weighted by molar-refractivity contribution is 9.10. The van der Waals surface area contributed by atoms with Crippen molar-refractivity contribution in [2.24, 2.45) is 5.92 Å². The highest BCUT2D eigenvalue weighted by Crippen LogP contribution is 2.48. The molecule has 1 heteroatoms. The molecular weight excluding hydrogens is 236 g/mol. The van der Waals surface area contributed by atoms with E-state index in [2.05, 4.69) is 59.8 Å². The Bertz CT molecular complexity index is 335. The van der Waals surface area contributed by atoms with Crippen LogP contribution in [0.2, 0.25) is 0 Å². The van der Waals surface area contributed by atoms with Crippen LogP contribution < -0.4 is 0 Å².